The molecule has 9 heteroatoms. The molecular weight excluding hydrogens is 523 g/mol. The molecule has 0 fully saturated rings. The molecule has 1 amide bonds. The zero-order chi connectivity index (χ0) is 22.7. The fourth-order valence-corrected chi connectivity index (χ4v) is 2.47. The molecule has 0 saturated heterocycles. The van der Waals surface area contributed by atoms with Crippen molar-refractivity contribution in [2.75, 3.05) is 25.0 Å². The molecule has 1 heterocycles. The first kappa shape index (κ1) is 27.8. The lowest BCUT2D eigenvalue weighted by molar-refractivity contribution is -0.125. The molecule has 0 aliphatic heterocycles. The van der Waals surface area contributed by atoms with Gasteiger partial charge in [-0.2, -0.15) is 0 Å². The van der Waals surface area contributed by atoms with Gasteiger partial charge in [-0.25, -0.2) is 0 Å². The van der Waals surface area contributed by atoms with Crippen LogP contribution in [0.15, 0.2) is 52.1 Å². The second kappa shape index (κ2) is 14.0. The number of benzene rings is 1. The number of furan rings is 1. The summed E-state index contributed by atoms with van der Waals surface area (Å²) in [5, 5.41) is 6.53. The highest BCUT2D eigenvalue weighted by Crippen LogP contribution is 2.18. The minimum absolute atomic E-state index is 0. The van der Waals surface area contributed by atoms with Crippen molar-refractivity contribution in [3.05, 3.63) is 48.4 Å². The van der Waals surface area contributed by atoms with Crippen molar-refractivity contribution in [3.63, 3.8) is 0 Å². The molecule has 0 saturated carbocycles. The van der Waals surface area contributed by atoms with E-state index in [1.807, 2.05) is 50.2 Å². The van der Waals surface area contributed by atoms with Crippen LogP contribution >= 0.6 is 24.0 Å². The number of guanidine groups is 1. The van der Waals surface area contributed by atoms with Gasteiger partial charge >= 0.3 is 0 Å². The number of halogens is 1. The molecule has 32 heavy (non-hydrogen) atoms. The predicted molar refractivity (Wildman–Crippen MR) is 138 cm³/mol. The van der Waals surface area contributed by atoms with Crippen LogP contribution in [0.2, 0.25) is 0 Å². The Kier molecular flexibility index (Phi) is 12.1. The van der Waals surface area contributed by atoms with Gasteiger partial charge in [0.25, 0.3) is 0 Å². The summed E-state index contributed by atoms with van der Waals surface area (Å²) >= 11 is 0. The first-order valence-corrected chi connectivity index (χ1v) is 10.5. The molecule has 0 bridgehead atoms. The minimum atomic E-state index is -0.740. The number of ether oxygens (including phenoxy) is 2. The standard InChI is InChI=1S/C23H34N4O4.HI/c1-17(2)31-19-10-8-18(9-11-19)27-22(26-16-23(3,4)21(24)28)25-12-6-13-29-15-20-7-5-14-30-20;/h5,7-11,14,17H,6,12-13,15-16H2,1-4H3,(H2,24,28)(H2,25,26,27);1H. The lowest BCUT2D eigenvalue weighted by Gasteiger charge is -2.19. The number of amides is 1. The van der Waals surface area contributed by atoms with Crippen molar-refractivity contribution < 1.29 is 18.7 Å². The van der Waals surface area contributed by atoms with E-state index in [0.717, 1.165) is 23.6 Å². The number of aliphatic imine (C=N–C) groups is 1. The third kappa shape index (κ3) is 10.4. The van der Waals surface area contributed by atoms with E-state index in [4.69, 9.17) is 19.6 Å². The molecule has 0 aliphatic rings. The molecular formula is C23H35IN4O4. The molecule has 8 nitrogen and oxygen atoms in total. The molecule has 0 spiro atoms. The Morgan fingerprint density at radius 2 is 1.94 bits per heavy atom. The van der Waals surface area contributed by atoms with Crippen LogP contribution in [-0.2, 0) is 16.1 Å². The van der Waals surface area contributed by atoms with E-state index in [1.165, 1.54) is 0 Å². The van der Waals surface area contributed by atoms with Gasteiger partial charge in [0.05, 0.1) is 24.3 Å². The SMILES string of the molecule is CC(C)Oc1ccc(NC(=NCC(C)(C)C(N)=O)NCCCOCc2ccco2)cc1.I. The predicted octanol–water partition coefficient (Wildman–Crippen LogP) is 4.16. The van der Waals surface area contributed by atoms with Crippen molar-refractivity contribution in [3.8, 4) is 5.75 Å². The normalized spacial score (nSPS) is 11.7. The molecule has 0 atom stereocenters. The lowest BCUT2D eigenvalue weighted by Crippen LogP contribution is -2.37. The lowest BCUT2D eigenvalue weighted by atomic mass is 9.93. The molecule has 4 N–H and O–H groups in total. The largest absolute Gasteiger partial charge is 0.491 e. The third-order valence-corrected chi connectivity index (χ3v) is 4.37. The number of hydrogen-bond donors (Lipinski definition) is 3. The molecule has 0 aliphatic carbocycles. The molecule has 1 aromatic heterocycles. The van der Waals surface area contributed by atoms with Crippen molar-refractivity contribution >= 4 is 41.5 Å². The summed E-state index contributed by atoms with van der Waals surface area (Å²) in [6.07, 6.45) is 2.52. The molecule has 2 aromatic rings. The summed E-state index contributed by atoms with van der Waals surface area (Å²) in [5.74, 6) is 1.78. The van der Waals surface area contributed by atoms with Crippen LogP contribution in [0.4, 0.5) is 5.69 Å². The van der Waals surface area contributed by atoms with E-state index >= 15 is 0 Å². The average molecular weight is 558 g/mol. The topological polar surface area (TPSA) is 111 Å². The fraction of sp³-hybridized carbons (Fsp3) is 0.478. The summed E-state index contributed by atoms with van der Waals surface area (Å²) in [6.45, 7) is 9.46. The van der Waals surface area contributed by atoms with Gasteiger partial charge in [0.15, 0.2) is 5.96 Å². The Balaban J connectivity index is 0.00000512. The Bertz CT molecular complexity index is 821. The first-order chi connectivity index (χ1) is 14.8. The Morgan fingerprint density at radius 3 is 2.53 bits per heavy atom. The number of nitrogens with zero attached hydrogens (tertiary/aromatic N) is 1. The number of hydrogen-bond acceptors (Lipinski definition) is 5. The number of nitrogens with two attached hydrogens (primary N) is 1. The van der Waals surface area contributed by atoms with Gasteiger partial charge in [0.1, 0.15) is 18.1 Å². The van der Waals surface area contributed by atoms with E-state index in [-0.39, 0.29) is 36.6 Å². The summed E-state index contributed by atoms with van der Waals surface area (Å²) < 4.78 is 16.5. The number of carbonyl (C=O) groups excluding carboxylic acids is 1. The molecule has 2 rings (SSSR count). The number of carbonyl (C=O) groups is 1. The van der Waals surface area contributed by atoms with E-state index < -0.39 is 11.3 Å². The monoisotopic (exact) mass is 558 g/mol. The van der Waals surface area contributed by atoms with E-state index in [9.17, 15) is 4.79 Å². The average Bonchev–Trinajstić information content (AvgIpc) is 3.23. The van der Waals surface area contributed by atoms with Crippen LogP contribution in [0, 0.1) is 5.41 Å². The highest BCUT2D eigenvalue weighted by atomic mass is 127. The van der Waals surface area contributed by atoms with Crippen LogP contribution in [-0.4, -0.2) is 37.7 Å². The van der Waals surface area contributed by atoms with E-state index in [2.05, 4.69) is 15.6 Å². The Morgan fingerprint density at radius 1 is 1.22 bits per heavy atom. The van der Waals surface area contributed by atoms with Crippen LogP contribution in [0.3, 0.4) is 0 Å². The number of rotatable bonds is 12. The van der Waals surface area contributed by atoms with Crippen LogP contribution < -0.4 is 21.1 Å². The molecule has 0 radical (unpaired) electrons. The first-order valence-electron chi connectivity index (χ1n) is 10.5. The van der Waals surface area contributed by atoms with Gasteiger partial charge in [-0.05, 0) is 70.5 Å². The Hall–Kier alpha value is -2.27. The minimum Gasteiger partial charge on any atom is -0.491 e. The second-order valence-corrected chi connectivity index (χ2v) is 8.14. The fourth-order valence-electron chi connectivity index (χ4n) is 2.47. The van der Waals surface area contributed by atoms with Crippen molar-refractivity contribution in [2.45, 2.75) is 46.8 Å². The quantitative estimate of drug-likeness (QED) is 0.156. The van der Waals surface area contributed by atoms with E-state index in [1.54, 1.807) is 20.1 Å². The summed E-state index contributed by atoms with van der Waals surface area (Å²) in [5.41, 5.74) is 5.59. The highest BCUT2D eigenvalue weighted by molar-refractivity contribution is 14.0. The van der Waals surface area contributed by atoms with Gasteiger partial charge in [-0.15, -0.1) is 24.0 Å². The molecule has 178 valence electrons. The summed E-state index contributed by atoms with van der Waals surface area (Å²) in [4.78, 5) is 16.2. The smallest absolute Gasteiger partial charge is 0.224 e. The number of primary amides is 1. The number of anilines is 1. The van der Waals surface area contributed by atoms with Crippen molar-refractivity contribution in [1.82, 2.24) is 5.32 Å². The molecule has 0 unspecified atom stereocenters. The second-order valence-electron chi connectivity index (χ2n) is 8.14. The maximum atomic E-state index is 11.6. The van der Waals surface area contributed by atoms with Crippen LogP contribution in [0.25, 0.3) is 0 Å². The van der Waals surface area contributed by atoms with Crippen LogP contribution in [0.5, 0.6) is 5.75 Å². The van der Waals surface area contributed by atoms with Gasteiger partial charge in [-0.1, -0.05) is 0 Å². The summed E-state index contributed by atoms with van der Waals surface area (Å²) in [6, 6.07) is 11.3. The van der Waals surface area contributed by atoms with Gasteiger partial charge in [0, 0.05) is 18.8 Å². The summed E-state index contributed by atoms with van der Waals surface area (Å²) in [7, 11) is 0. The van der Waals surface area contributed by atoms with Gasteiger partial charge in [-0.3, -0.25) is 9.79 Å². The van der Waals surface area contributed by atoms with Crippen molar-refractivity contribution in [2.24, 2.45) is 16.1 Å². The van der Waals surface area contributed by atoms with Gasteiger partial charge in [0.2, 0.25) is 5.91 Å². The molecule has 1 aromatic carbocycles. The maximum Gasteiger partial charge on any atom is 0.224 e. The third-order valence-electron chi connectivity index (χ3n) is 4.37. The Labute approximate surface area is 207 Å². The van der Waals surface area contributed by atoms with Crippen LogP contribution in [0.1, 0.15) is 39.9 Å². The zero-order valence-electron chi connectivity index (χ0n) is 19.2. The van der Waals surface area contributed by atoms with E-state index in [0.29, 0.717) is 25.7 Å². The number of nitrogens with one attached hydrogen (secondary N) is 2. The van der Waals surface area contributed by atoms with Crippen molar-refractivity contribution in [1.29, 1.82) is 0 Å². The maximum absolute atomic E-state index is 11.6. The van der Waals surface area contributed by atoms with Gasteiger partial charge < -0.3 is 30.3 Å². The zero-order valence-corrected chi connectivity index (χ0v) is 21.6. The highest BCUT2D eigenvalue weighted by Gasteiger charge is 2.24.